The van der Waals surface area contributed by atoms with Crippen LogP contribution in [-0.4, -0.2) is 111 Å². The molecule has 0 atom stereocenters. The van der Waals surface area contributed by atoms with Crippen molar-refractivity contribution in [1.29, 1.82) is 0 Å². The van der Waals surface area contributed by atoms with Gasteiger partial charge in [-0.3, -0.25) is 0 Å². The van der Waals surface area contributed by atoms with E-state index in [1.807, 2.05) is 0 Å². The van der Waals surface area contributed by atoms with Crippen LogP contribution in [0, 0.1) is 0 Å². The highest BCUT2D eigenvalue weighted by Crippen LogP contribution is 1.68. The first-order valence-electron chi connectivity index (χ1n) is 11.3. The van der Waals surface area contributed by atoms with Gasteiger partial charge in [0.25, 0.3) is 0 Å². The van der Waals surface area contributed by atoms with Crippen LogP contribution in [0.4, 0.5) is 0 Å². The molecule has 10 N–H and O–H groups in total. The van der Waals surface area contributed by atoms with Crippen LogP contribution in [0.2, 0.25) is 0 Å². The van der Waals surface area contributed by atoms with Crippen LogP contribution < -0.4 is 48.3 Å². The molecule has 0 radical (unpaired) electrons. The molecule has 0 saturated carbocycles. The maximum Gasteiger partial charge on any atom is 0.00772 e. The van der Waals surface area contributed by atoms with Crippen LogP contribution in [0.3, 0.4) is 0 Å². The third kappa shape index (κ3) is 25.6. The van der Waals surface area contributed by atoms with Crippen molar-refractivity contribution in [3.8, 4) is 0 Å². The fourth-order valence-electron chi connectivity index (χ4n) is 2.52. The van der Waals surface area contributed by atoms with E-state index in [1.165, 1.54) is 6.42 Å². The zero-order valence-electron chi connectivity index (χ0n) is 18.3. The Hall–Kier alpha value is -0.360. The summed E-state index contributed by atoms with van der Waals surface area (Å²) >= 11 is 0. The Labute approximate surface area is 173 Å². The van der Waals surface area contributed by atoms with Gasteiger partial charge >= 0.3 is 0 Å². The first-order valence-corrected chi connectivity index (χ1v) is 11.3. The monoisotopic (exact) mass is 403 g/mol. The fourth-order valence-corrected chi connectivity index (χ4v) is 2.52. The highest BCUT2D eigenvalue weighted by Gasteiger charge is 1.92. The Balaban J connectivity index is 2.96. The highest BCUT2D eigenvalue weighted by atomic mass is 15.0. The van der Waals surface area contributed by atoms with Gasteiger partial charge in [0.05, 0.1) is 0 Å². The average molecular weight is 404 g/mol. The van der Waals surface area contributed by atoms with Gasteiger partial charge in [-0.2, -0.15) is 0 Å². The molecule has 9 nitrogen and oxygen atoms in total. The molecule has 0 spiro atoms. The standard InChI is InChI=1S/C19H49N9/c1-2-4-21-6-8-23-10-12-25-14-16-27-18-19-28-17-15-26-13-11-24-9-7-22-5-3-20/h21-28H,2-20H2,1H3. The predicted molar refractivity (Wildman–Crippen MR) is 122 cm³/mol. The molecule has 0 rings (SSSR count). The van der Waals surface area contributed by atoms with E-state index in [2.05, 4.69) is 49.5 Å². The summed E-state index contributed by atoms with van der Waals surface area (Å²) < 4.78 is 0. The lowest BCUT2D eigenvalue weighted by Gasteiger charge is -2.09. The molecule has 0 unspecified atom stereocenters. The van der Waals surface area contributed by atoms with Crippen molar-refractivity contribution >= 4 is 0 Å². The van der Waals surface area contributed by atoms with Crippen LogP contribution in [0.25, 0.3) is 0 Å². The van der Waals surface area contributed by atoms with Gasteiger partial charge in [0.2, 0.25) is 0 Å². The molecule has 0 aromatic heterocycles. The van der Waals surface area contributed by atoms with Crippen molar-refractivity contribution < 1.29 is 0 Å². The first-order chi connectivity index (χ1) is 13.9. The average Bonchev–Trinajstić information content (AvgIpc) is 2.71. The van der Waals surface area contributed by atoms with E-state index in [4.69, 9.17) is 5.73 Å². The van der Waals surface area contributed by atoms with Crippen molar-refractivity contribution in [2.75, 3.05) is 111 Å². The van der Waals surface area contributed by atoms with E-state index in [-0.39, 0.29) is 0 Å². The second-order valence-corrected chi connectivity index (χ2v) is 6.79. The van der Waals surface area contributed by atoms with E-state index in [0.717, 1.165) is 105 Å². The third-order valence-corrected chi connectivity index (χ3v) is 4.10. The Morgan fingerprint density at radius 2 is 0.571 bits per heavy atom. The lowest BCUT2D eigenvalue weighted by Crippen LogP contribution is -2.38. The van der Waals surface area contributed by atoms with E-state index in [9.17, 15) is 0 Å². The van der Waals surface area contributed by atoms with E-state index in [1.54, 1.807) is 0 Å². The normalized spacial score (nSPS) is 11.4. The lowest BCUT2D eigenvalue weighted by molar-refractivity contribution is 0.545. The minimum Gasteiger partial charge on any atom is -0.329 e. The number of rotatable bonds is 25. The van der Waals surface area contributed by atoms with Crippen LogP contribution >= 0.6 is 0 Å². The first kappa shape index (κ1) is 27.6. The van der Waals surface area contributed by atoms with Gasteiger partial charge < -0.3 is 48.3 Å². The molecule has 9 heteroatoms. The van der Waals surface area contributed by atoms with Crippen molar-refractivity contribution in [3.63, 3.8) is 0 Å². The maximum absolute atomic E-state index is 5.41. The van der Waals surface area contributed by atoms with Gasteiger partial charge in [0.15, 0.2) is 0 Å². The second kappa shape index (κ2) is 26.6. The zero-order valence-corrected chi connectivity index (χ0v) is 18.3. The summed E-state index contributed by atoms with van der Waals surface area (Å²) in [6.45, 7) is 19.1. The van der Waals surface area contributed by atoms with Crippen molar-refractivity contribution in [1.82, 2.24) is 42.5 Å². The molecule has 0 fully saturated rings. The molecular formula is C19H49N9. The van der Waals surface area contributed by atoms with E-state index < -0.39 is 0 Å². The van der Waals surface area contributed by atoms with Crippen molar-refractivity contribution in [2.24, 2.45) is 5.73 Å². The Kier molecular flexibility index (Phi) is 26.3. The molecule has 0 aliphatic carbocycles. The van der Waals surface area contributed by atoms with Crippen molar-refractivity contribution in [2.45, 2.75) is 13.3 Å². The summed E-state index contributed by atoms with van der Waals surface area (Å²) in [6.07, 6.45) is 1.20. The lowest BCUT2D eigenvalue weighted by atomic mass is 10.4. The maximum atomic E-state index is 5.41. The number of nitrogens with one attached hydrogen (secondary N) is 8. The third-order valence-electron chi connectivity index (χ3n) is 4.10. The molecule has 0 aromatic carbocycles. The smallest absolute Gasteiger partial charge is 0.00772 e. The Morgan fingerprint density at radius 3 is 0.786 bits per heavy atom. The topological polar surface area (TPSA) is 122 Å². The van der Waals surface area contributed by atoms with Crippen LogP contribution in [-0.2, 0) is 0 Å². The van der Waals surface area contributed by atoms with Crippen LogP contribution in [0.5, 0.6) is 0 Å². The molecule has 170 valence electrons. The largest absolute Gasteiger partial charge is 0.329 e. The molecule has 0 bridgehead atoms. The predicted octanol–water partition coefficient (Wildman–Crippen LogP) is -2.93. The number of hydrogen-bond acceptors (Lipinski definition) is 9. The SMILES string of the molecule is CCCNCCNCCNCCNCCNCCNCCNCCNCCN. The minimum atomic E-state index is 0.705. The molecule has 0 aromatic rings. The molecule has 0 amide bonds. The Bertz CT molecular complexity index is 244. The summed E-state index contributed by atoms with van der Waals surface area (Å²) in [5.74, 6) is 0. The highest BCUT2D eigenvalue weighted by molar-refractivity contribution is 4.59. The van der Waals surface area contributed by atoms with Gasteiger partial charge in [0, 0.05) is 105 Å². The molecule has 0 aliphatic rings. The zero-order chi connectivity index (χ0) is 20.4. The summed E-state index contributed by atoms with van der Waals surface area (Å²) in [5, 5.41) is 27.2. The molecule has 28 heavy (non-hydrogen) atoms. The van der Waals surface area contributed by atoms with Gasteiger partial charge in [-0.05, 0) is 13.0 Å². The number of nitrogens with two attached hydrogens (primary N) is 1. The van der Waals surface area contributed by atoms with Crippen molar-refractivity contribution in [3.05, 3.63) is 0 Å². The van der Waals surface area contributed by atoms with Crippen LogP contribution in [0.15, 0.2) is 0 Å². The van der Waals surface area contributed by atoms with E-state index in [0.29, 0.717) is 6.54 Å². The van der Waals surface area contributed by atoms with E-state index >= 15 is 0 Å². The summed E-state index contributed by atoms with van der Waals surface area (Å²) in [5.41, 5.74) is 5.41. The fraction of sp³-hybridized carbons (Fsp3) is 1.00. The van der Waals surface area contributed by atoms with Gasteiger partial charge in [-0.25, -0.2) is 0 Å². The Morgan fingerprint density at radius 1 is 0.357 bits per heavy atom. The van der Waals surface area contributed by atoms with Crippen LogP contribution in [0.1, 0.15) is 13.3 Å². The summed E-state index contributed by atoms with van der Waals surface area (Å²) in [6, 6.07) is 0. The molecular weight excluding hydrogens is 354 g/mol. The summed E-state index contributed by atoms with van der Waals surface area (Å²) in [4.78, 5) is 0. The molecule has 0 aliphatic heterocycles. The van der Waals surface area contributed by atoms with Gasteiger partial charge in [-0.15, -0.1) is 0 Å². The number of hydrogen-bond donors (Lipinski definition) is 9. The van der Waals surface area contributed by atoms with Gasteiger partial charge in [0.1, 0.15) is 0 Å². The molecule has 0 saturated heterocycles. The second-order valence-electron chi connectivity index (χ2n) is 6.79. The minimum absolute atomic E-state index is 0.705. The van der Waals surface area contributed by atoms with Gasteiger partial charge in [-0.1, -0.05) is 6.92 Å². The summed E-state index contributed by atoms with van der Waals surface area (Å²) in [7, 11) is 0. The quantitative estimate of drug-likeness (QED) is 0.0738. The molecule has 0 heterocycles.